The van der Waals surface area contributed by atoms with Crippen LogP contribution < -0.4 is 0 Å². The fraction of sp³-hybridized carbons (Fsp3) is 0.381. The summed E-state index contributed by atoms with van der Waals surface area (Å²) in [6.07, 6.45) is 4.88. The van der Waals surface area contributed by atoms with Crippen LogP contribution in [0.2, 0.25) is 0 Å². The summed E-state index contributed by atoms with van der Waals surface area (Å²) >= 11 is 0. The number of hydrogen-bond donors (Lipinski definition) is 0. The van der Waals surface area contributed by atoms with Gasteiger partial charge in [0.1, 0.15) is 11.3 Å². The Labute approximate surface area is 162 Å². The second-order valence-electron chi connectivity index (χ2n) is 7.28. The lowest BCUT2D eigenvalue weighted by Crippen LogP contribution is -2.32. The second-order valence-corrected chi connectivity index (χ2v) is 7.28. The third-order valence-electron chi connectivity index (χ3n) is 5.00. The van der Waals surface area contributed by atoms with Gasteiger partial charge in [0, 0.05) is 24.8 Å². The number of imidazole rings is 1. The number of aromatic nitrogens is 3. The fourth-order valence-corrected chi connectivity index (χ4v) is 3.38. The number of rotatable bonds is 7. The van der Waals surface area contributed by atoms with Crippen LogP contribution in [-0.4, -0.2) is 31.9 Å². The lowest BCUT2D eigenvalue weighted by Gasteiger charge is -2.22. The third kappa shape index (κ3) is 3.74. The Morgan fingerprint density at radius 3 is 2.79 bits per heavy atom. The largest absolute Gasteiger partial charge is 0.331 e. The van der Waals surface area contributed by atoms with Gasteiger partial charge in [0.05, 0.1) is 6.54 Å². The Morgan fingerprint density at radius 1 is 1.25 bits per heavy atom. The third-order valence-corrected chi connectivity index (χ3v) is 5.00. The number of halogens is 2. The van der Waals surface area contributed by atoms with Gasteiger partial charge in [-0.05, 0) is 55.5 Å². The maximum atomic E-state index is 13.6. The molecule has 7 heteroatoms. The van der Waals surface area contributed by atoms with Crippen LogP contribution >= 0.6 is 0 Å². The predicted molar refractivity (Wildman–Crippen MR) is 102 cm³/mol. The molecule has 28 heavy (non-hydrogen) atoms. The molecule has 0 N–H and O–H groups in total. The number of amides is 1. The number of carbonyl (C=O) groups excluding carboxylic acids is 1. The first kappa shape index (κ1) is 18.5. The molecular weight excluding hydrogens is 362 g/mol. The Bertz CT molecular complexity index is 1010. The molecule has 1 aromatic carbocycles. The second kappa shape index (κ2) is 7.66. The first-order valence-electron chi connectivity index (χ1n) is 9.61. The van der Waals surface area contributed by atoms with Crippen molar-refractivity contribution in [1.82, 2.24) is 19.4 Å². The van der Waals surface area contributed by atoms with Gasteiger partial charge in [-0.3, -0.25) is 4.79 Å². The quantitative estimate of drug-likeness (QED) is 0.614. The van der Waals surface area contributed by atoms with Gasteiger partial charge in [-0.1, -0.05) is 6.92 Å². The zero-order chi connectivity index (χ0) is 19.7. The molecule has 5 nitrogen and oxygen atoms in total. The summed E-state index contributed by atoms with van der Waals surface area (Å²) in [5.41, 5.74) is 1.76. The maximum Gasteiger partial charge on any atom is 0.254 e. The van der Waals surface area contributed by atoms with Crippen molar-refractivity contribution in [3.63, 3.8) is 0 Å². The highest BCUT2D eigenvalue weighted by molar-refractivity contribution is 5.94. The highest BCUT2D eigenvalue weighted by Crippen LogP contribution is 2.32. The maximum absolute atomic E-state index is 13.6. The Hall–Kier alpha value is -2.83. The fourth-order valence-electron chi connectivity index (χ4n) is 3.38. The Morgan fingerprint density at radius 2 is 2.07 bits per heavy atom. The van der Waals surface area contributed by atoms with E-state index >= 15 is 0 Å². The van der Waals surface area contributed by atoms with Gasteiger partial charge in [-0.15, -0.1) is 0 Å². The highest BCUT2D eigenvalue weighted by Gasteiger charge is 2.26. The van der Waals surface area contributed by atoms with Crippen molar-refractivity contribution in [3.8, 4) is 0 Å². The van der Waals surface area contributed by atoms with E-state index in [1.54, 1.807) is 11.1 Å². The molecule has 2 heterocycles. The van der Waals surface area contributed by atoms with E-state index in [1.165, 1.54) is 18.9 Å². The van der Waals surface area contributed by atoms with Crippen molar-refractivity contribution >= 4 is 17.1 Å². The van der Waals surface area contributed by atoms with Crippen LogP contribution in [0.15, 0.2) is 36.5 Å². The zero-order valence-corrected chi connectivity index (χ0v) is 15.7. The minimum Gasteiger partial charge on any atom is -0.331 e. The lowest BCUT2D eigenvalue weighted by molar-refractivity contribution is 0.0736. The SMILES string of the molecule is CCCN(Cc1nc2cccnc2n1CC1CC1)C(=O)c1ccc(F)c(F)c1. The average molecular weight is 384 g/mol. The summed E-state index contributed by atoms with van der Waals surface area (Å²) in [4.78, 5) is 23.7. The molecule has 146 valence electrons. The van der Waals surface area contributed by atoms with E-state index in [4.69, 9.17) is 4.98 Å². The summed E-state index contributed by atoms with van der Waals surface area (Å²) in [6, 6.07) is 7.01. The van der Waals surface area contributed by atoms with Crippen molar-refractivity contribution in [2.75, 3.05) is 6.54 Å². The molecule has 3 aromatic rings. The minimum atomic E-state index is -1.02. The molecule has 1 aliphatic rings. The van der Waals surface area contributed by atoms with Crippen LogP contribution in [0.5, 0.6) is 0 Å². The van der Waals surface area contributed by atoms with Crippen molar-refractivity contribution in [1.29, 1.82) is 0 Å². The normalized spacial score (nSPS) is 13.8. The zero-order valence-electron chi connectivity index (χ0n) is 15.7. The van der Waals surface area contributed by atoms with Gasteiger partial charge in [0.25, 0.3) is 5.91 Å². The number of fused-ring (bicyclic) bond motifs is 1. The molecule has 1 fully saturated rings. The Balaban J connectivity index is 1.65. The molecule has 0 atom stereocenters. The molecule has 0 saturated heterocycles. The molecule has 0 spiro atoms. The van der Waals surface area contributed by atoms with E-state index < -0.39 is 11.6 Å². The van der Waals surface area contributed by atoms with Gasteiger partial charge in [-0.2, -0.15) is 0 Å². The van der Waals surface area contributed by atoms with Crippen molar-refractivity contribution < 1.29 is 13.6 Å². The van der Waals surface area contributed by atoms with Gasteiger partial charge in [0.15, 0.2) is 17.3 Å². The van der Waals surface area contributed by atoms with Gasteiger partial charge < -0.3 is 9.47 Å². The molecular formula is C21H22F2N4O. The van der Waals surface area contributed by atoms with E-state index in [-0.39, 0.29) is 11.5 Å². The van der Waals surface area contributed by atoms with Crippen LogP contribution in [0.3, 0.4) is 0 Å². The summed E-state index contributed by atoms with van der Waals surface area (Å²) in [7, 11) is 0. The highest BCUT2D eigenvalue weighted by atomic mass is 19.2. The van der Waals surface area contributed by atoms with Gasteiger partial charge in [-0.25, -0.2) is 18.7 Å². The van der Waals surface area contributed by atoms with Crippen molar-refractivity contribution in [2.45, 2.75) is 39.3 Å². The van der Waals surface area contributed by atoms with Crippen LogP contribution in [0.1, 0.15) is 42.4 Å². The number of nitrogens with zero attached hydrogens (tertiary/aromatic N) is 4. The number of benzene rings is 1. The monoisotopic (exact) mass is 384 g/mol. The van der Waals surface area contributed by atoms with E-state index in [2.05, 4.69) is 9.55 Å². The van der Waals surface area contributed by atoms with E-state index in [1.807, 2.05) is 19.1 Å². The summed E-state index contributed by atoms with van der Waals surface area (Å²) in [6.45, 7) is 3.61. The smallest absolute Gasteiger partial charge is 0.254 e. The van der Waals surface area contributed by atoms with Crippen LogP contribution in [0, 0.1) is 17.6 Å². The van der Waals surface area contributed by atoms with Gasteiger partial charge >= 0.3 is 0 Å². The van der Waals surface area contributed by atoms with E-state index in [0.29, 0.717) is 19.0 Å². The average Bonchev–Trinajstić information content (AvgIpc) is 3.45. The predicted octanol–water partition coefficient (Wildman–Crippen LogP) is 4.17. The van der Waals surface area contributed by atoms with Crippen molar-refractivity contribution in [3.05, 3.63) is 59.6 Å². The molecule has 0 bridgehead atoms. The van der Waals surface area contributed by atoms with Crippen LogP contribution in [-0.2, 0) is 13.1 Å². The summed E-state index contributed by atoms with van der Waals surface area (Å²) in [5, 5.41) is 0. The molecule has 1 saturated carbocycles. The molecule has 1 amide bonds. The first-order chi connectivity index (χ1) is 13.6. The standard InChI is InChI=1S/C21H22F2N4O/c1-2-10-26(21(28)15-7-8-16(22)17(23)11-15)13-19-25-18-4-3-9-24-20(18)27(19)12-14-5-6-14/h3-4,7-9,11,14H,2,5-6,10,12-13H2,1H3. The molecule has 0 radical (unpaired) electrons. The molecule has 1 aliphatic carbocycles. The minimum absolute atomic E-state index is 0.135. The van der Waals surface area contributed by atoms with Crippen LogP contribution in [0.4, 0.5) is 8.78 Å². The van der Waals surface area contributed by atoms with E-state index in [9.17, 15) is 13.6 Å². The molecule has 0 aliphatic heterocycles. The number of pyridine rings is 1. The lowest BCUT2D eigenvalue weighted by atomic mass is 10.2. The summed E-state index contributed by atoms with van der Waals surface area (Å²) in [5.74, 6) is -0.924. The molecule has 0 unspecified atom stereocenters. The number of carbonyl (C=O) groups is 1. The van der Waals surface area contributed by atoms with Crippen molar-refractivity contribution in [2.24, 2.45) is 5.92 Å². The summed E-state index contributed by atoms with van der Waals surface area (Å²) < 4.78 is 28.9. The van der Waals surface area contributed by atoms with E-state index in [0.717, 1.165) is 42.1 Å². The topological polar surface area (TPSA) is 51.0 Å². The number of hydrogen-bond acceptors (Lipinski definition) is 3. The molecule has 4 rings (SSSR count). The molecule has 2 aromatic heterocycles. The first-order valence-corrected chi connectivity index (χ1v) is 9.61. The van der Waals surface area contributed by atoms with Gasteiger partial charge in [0.2, 0.25) is 0 Å². The van der Waals surface area contributed by atoms with Crippen LogP contribution in [0.25, 0.3) is 11.2 Å². The Kier molecular flexibility index (Phi) is 5.07.